The molecule has 2 heterocycles. The lowest BCUT2D eigenvalue weighted by Crippen LogP contribution is -2.57. The summed E-state index contributed by atoms with van der Waals surface area (Å²) in [5.41, 5.74) is 1.96. The van der Waals surface area contributed by atoms with Gasteiger partial charge in [0.15, 0.2) is 0 Å². The summed E-state index contributed by atoms with van der Waals surface area (Å²) >= 11 is 0. The van der Waals surface area contributed by atoms with Gasteiger partial charge in [0, 0.05) is 32.5 Å². The van der Waals surface area contributed by atoms with Crippen molar-refractivity contribution in [1.82, 2.24) is 20.9 Å². The van der Waals surface area contributed by atoms with Crippen molar-refractivity contribution in [2.75, 3.05) is 26.2 Å². The predicted molar refractivity (Wildman–Crippen MR) is 153 cm³/mol. The topological polar surface area (TPSA) is 120 Å². The number of carbonyl (C=O) groups is 3. The second-order valence-corrected chi connectivity index (χ2v) is 10.8. The Morgan fingerprint density at radius 1 is 1.02 bits per heavy atom. The quantitative estimate of drug-likeness (QED) is 0.461. The molecule has 0 bridgehead atoms. The van der Waals surface area contributed by atoms with Gasteiger partial charge in [-0.1, -0.05) is 68.8 Å². The zero-order valence-electron chi connectivity index (χ0n) is 23.5. The molecule has 2 aromatic rings. The van der Waals surface area contributed by atoms with E-state index in [9.17, 15) is 19.5 Å². The number of para-hydroxylation sites is 1. The van der Waals surface area contributed by atoms with Gasteiger partial charge in [0.1, 0.15) is 24.4 Å². The number of benzene rings is 2. The Labute approximate surface area is 236 Å². The first-order valence-electron chi connectivity index (χ1n) is 14.4. The molecule has 3 amide bonds. The van der Waals surface area contributed by atoms with E-state index in [1.807, 2.05) is 68.4 Å². The number of ether oxygens (including phenoxy) is 1. The van der Waals surface area contributed by atoms with Crippen LogP contribution in [0.25, 0.3) is 0 Å². The Morgan fingerprint density at radius 3 is 2.55 bits per heavy atom. The van der Waals surface area contributed by atoms with E-state index in [0.29, 0.717) is 32.5 Å². The third-order valence-electron chi connectivity index (χ3n) is 7.88. The molecular weight excluding hydrogens is 508 g/mol. The van der Waals surface area contributed by atoms with E-state index in [4.69, 9.17) is 4.74 Å². The Hall–Kier alpha value is -3.43. The summed E-state index contributed by atoms with van der Waals surface area (Å²) < 4.78 is 6.08. The monoisotopic (exact) mass is 550 g/mol. The highest BCUT2D eigenvalue weighted by Crippen LogP contribution is 2.23. The molecule has 5 atom stereocenters. The molecule has 216 valence electrons. The lowest BCUT2D eigenvalue weighted by Gasteiger charge is -2.32. The molecule has 1 fully saturated rings. The van der Waals surface area contributed by atoms with Crippen LogP contribution in [0.15, 0.2) is 54.6 Å². The molecule has 0 saturated carbocycles. The summed E-state index contributed by atoms with van der Waals surface area (Å²) in [5.74, 6) is -0.138. The van der Waals surface area contributed by atoms with Crippen molar-refractivity contribution in [2.45, 2.75) is 70.2 Å². The van der Waals surface area contributed by atoms with E-state index < -0.39 is 30.1 Å². The Morgan fingerprint density at radius 2 is 1.77 bits per heavy atom. The molecule has 9 nitrogen and oxygen atoms in total. The van der Waals surface area contributed by atoms with Crippen molar-refractivity contribution >= 4 is 17.7 Å². The van der Waals surface area contributed by atoms with Crippen LogP contribution in [0, 0.1) is 5.92 Å². The number of nitrogens with zero attached hydrogens (tertiary/aromatic N) is 1. The molecule has 2 aromatic carbocycles. The van der Waals surface area contributed by atoms with Gasteiger partial charge < -0.3 is 30.7 Å². The van der Waals surface area contributed by atoms with Crippen LogP contribution in [0.3, 0.4) is 0 Å². The lowest BCUT2D eigenvalue weighted by atomic mass is 9.97. The largest absolute Gasteiger partial charge is 0.492 e. The van der Waals surface area contributed by atoms with E-state index in [1.54, 1.807) is 0 Å². The summed E-state index contributed by atoms with van der Waals surface area (Å²) in [5, 5.41) is 19.7. The van der Waals surface area contributed by atoms with Crippen molar-refractivity contribution in [3.63, 3.8) is 0 Å². The van der Waals surface area contributed by atoms with Crippen LogP contribution in [-0.4, -0.2) is 78.2 Å². The van der Waals surface area contributed by atoms with Gasteiger partial charge in [-0.25, -0.2) is 0 Å². The summed E-state index contributed by atoms with van der Waals surface area (Å²) in [6.07, 6.45) is 1.83. The zero-order chi connectivity index (χ0) is 28.5. The Bertz CT molecular complexity index is 1140. The second kappa shape index (κ2) is 14.3. The van der Waals surface area contributed by atoms with Crippen LogP contribution < -0.4 is 20.7 Å². The first-order valence-corrected chi connectivity index (χ1v) is 14.4. The van der Waals surface area contributed by atoms with Gasteiger partial charge in [-0.05, 0) is 36.0 Å². The molecule has 0 aromatic heterocycles. The van der Waals surface area contributed by atoms with Gasteiger partial charge in [0.2, 0.25) is 17.7 Å². The first kappa shape index (κ1) is 29.6. The van der Waals surface area contributed by atoms with Gasteiger partial charge in [-0.2, -0.15) is 0 Å². The molecule has 0 radical (unpaired) electrons. The van der Waals surface area contributed by atoms with Crippen LogP contribution >= 0.6 is 0 Å². The molecule has 1 saturated heterocycles. The minimum Gasteiger partial charge on any atom is -0.492 e. The van der Waals surface area contributed by atoms with Crippen LogP contribution in [0.5, 0.6) is 5.75 Å². The molecule has 1 unspecified atom stereocenters. The Kier molecular flexibility index (Phi) is 10.5. The minimum absolute atomic E-state index is 0.00319. The number of hydrogen-bond donors (Lipinski definition) is 4. The van der Waals surface area contributed by atoms with Crippen molar-refractivity contribution in [2.24, 2.45) is 5.92 Å². The summed E-state index contributed by atoms with van der Waals surface area (Å²) in [4.78, 5) is 42.2. The Balaban J connectivity index is 1.60. The molecule has 4 rings (SSSR count). The average Bonchev–Trinajstić information content (AvgIpc) is 3.36. The third-order valence-corrected chi connectivity index (χ3v) is 7.88. The average molecular weight is 551 g/mol. The predicted octanol–water partition coefficient (Wildman–Crippen LogP) is 1.82. The molecule has 9 heteroatoms. The van der Waals surface area contributed by atoms with Crippen LogP contribution in [0.1, 0.15) is 44.2 Å². The first-order chi connectivity index (χ1) is 19.4. The third kappa shape index (κ3) is 7.61. The van der Waals surface area contributed by atoms with Crippen LogP contribution in [0.4, 0.5) is 0 Å². The van der Waals surface area contributed by atoms with E-state index in [2.05, 4.69) is 16.0 Å². The van der Waals surface area contributed by atoms with Crippen molar-refractivity contribution < 1.29 is 24.2 Å². The number of carbonyl (C=O) groups excluding carboxylic acids is 3. The van der Waals surface area contributed by atoms with Gasteiger partial charge in [0.05, 0.1) is 12.1 Å². The van der Waals surface area contributed by atoms with Crippen LogP contribution in [-0.2, 0) is 27.2 Å². The number of hydrogen-bond acceptors (Lipinski definition) is 6. The molecule has 2 aliphatic rings. The van der Waals surface area contributed by atoms with Crippen molar-refractivity contribution in [3.05, 3.63) is 65.7 Å². The van der Waals surface area contributed by atoms with E-state index >= 15 is 0 Å². The second-order valence-electron chi connectivity index (χ2n) is 10.8. The zero-order valence-corrected chi connectivity index (χ0v) is 23.5. The minimum atomic E-state index is -0.857. The number of aryl methyl sites for hydroxylation is 1. The van der Waals surface area contributed by atoms with Crippen molar-refractivity contribution in [1.29, 1.82) is 0 Å². The van der Waals surface area contributed by atoms with E-state index in [0.717, 1.165) is 29.7 Å². The maximum absolute atomic E-state index is 13.8. The highest BCUT2D eigenvalue weighted by Gasteiger charge is 2.42. The molecule has 40 heavy (non-hydrogen) atoms. The van der Waals surface area contributed by atoms with Gasteiger partial charge in [-0.15, -0.1) is 0 Å². The number of amides is 3. The molecule has 2 aliphatic heterocycles. The van der Waals surface area contributed by atoms with Crippen LogP contribution in [0.2, 0.25) is 0 Å². The smallest absolute Gasteiger partial charge is 0.243 e. The lowest BCUT2D eigenvalue weighted by molar-refractivity contribution is -0.141. The maximum atomic E-state index is 13.8. The number of nitrogens with one attached hydrogen (secondary N) is 3. The van der Waals surface area contributed by atoms with Gasteiger partial charge in [-0.3, -0.25) is 14.4 Å². The number of fused-ring (bicyclic) bond motifs is 2. The molecule has 4 N–H and O–H groups in total. The fourth-order valence-corrected chi connectivity index (χ4v) is 5.42. The summed E-state index contributed by atoms with van der Waals surface area (Å²) in [7, 11) is 0. The summed E-state index contributed by atoms with van der Waals surface area (Å²) in [6.45, 7) is 5.37. The van der Waals surface area contributed by atoms with Gasteiger partial charge >= 0.3 is 0 Å². The maximum Gasteiger partial charge on any atom is 0.243 e. The fourth-order valence-electron chi connectivity index (χ4n) is 5.42. The number of aliphatic hydroxyl groups is 1. The highest BCUT2D eigenvalue weighted by atomic mass is 16.5. The SMILES string of the molecule is CC[C@H](C)[C@@H]1NCCOc2ccccc2CCCNC(=O)[C@@H](Cc2ccccc2)NC(=O)C2C[C@H](O)CN2C1=O. The standard InChI is InChI=1S/C31H42N4O5/c1-3-21(2)28-31(39)35-20-24(36)19-26(35)30(38)34-25(18-22-10-5-4-6-11-22)29(37)33-15-9-13-23-12-7-8-14-27(23)40-17-16-32-28/h4-8,10-12,14,21,24-26,28,32,36H,3,9,13,15-20H2,1-2H3,(H,33,37)(H,34,38)/t21-,24-,25+,26?,28-/m0/s1. The normalized spacial score (nSPS) is 25.9. The fraction of sp³-hybridized carbons (Fsp3) is 0.516. The van der Waals surface area contributed by atoms with Gasteiger partial charge in [0.25, 0.3) is 0 Å². The number of rotatable bonds is 4. The van der Waals surface area contributed by atoms with E-state index in [-0.39, 0.29) is 30.7 Å². The molecule has 0 spiro atoms. The highest BCUT2D eigenvalue weighted by molar-refractivity contribution is 5.93. The van der Waals surface area contributed by atoms with Crippen molar-refractivity contribution in [3.8, 4) is 5.75 Å². The molecule has 0 aliphatic carbocycles. The number of aliphatic hydroxyl groups excluding tert-OH is 1. The summed E-state index contributed by atoms with van der Waals surface area (Å²) in [6, 6.07) is 15.2. The van der Waals surface area contributed by atoms with E-state index in [1.165, 1.54) is 4.90 Å². The molecular formula is C31H42N4O5.